The Morgan fingerprint density at radius 1 is 0.731 bits per heavy atom. The molecule has 144 valence electrons. The van der Waals surface area contributed by atoms with Gasteiger partial charge in [0, 0.05) is 31.3 Å². The smallest absolute Gasteiger partial charge is 0.157 e. The molecule has 4 fully saturated rings. The summed E-state index contributed by atoms with van der Waals surface area (Å²) < 4.78 is -0.940. The van der Waals surface area contributed by atoms with Crippen molar-refractivity contribution in [3.63, 3.8) is 0 Å². The van der Waals surface area contributed by atoms with Crippen LogP contribution in [-0.2, 0) is 9.59 Å². The topological polar surface area (TPSA) is 34.1 Å². The fraction of sp³-hybridized carbons (Fsp3) is 0.800. The van der Waals surface area contributed by atoms with Gasteiger partial charge in [-0.25, -0.2) is 0 Å². The minimum absolute atomic E-state index is 0.0711. The van der Waals surface area contributed by atoms with Crippen molar-refractivity contribution in [2.75, 3.05) is 0 Å². The van der Waals surface area contributed by atoms with E-state index in [1.54, 1.807) is 0 Å². The Kier molecular flexibility index (Phi) is 4.19. The number of fused-ring (bicyclic) bond motifs is 4. The zero-order valence-corrected chi connectivity index (χ0v) is 21.8. The number of ketones is 2. The summed E-state index contributed by atoms with van der Waals surface area (Å²) in [5.41, 5.74) is -1.33. The van der Waals surface area contributed by atoms with Gasteiger partial charge in [0.1, 0.15) is 0 Å². The molecule has 0 aliphatic heterocycles. The molecular weight excluding hydrogens is 592 g/mol. The van der Waals surface area contributed by atoms with Crippen molar-refractivity contribution < 1.29 is 9.59 Å². The number of allylic oxidation sites excluding steroid dienone is 2. The van der Waals surface area contributed by atoms with E-state index in [9.17, 15) is 9.59 Å². The fourth-order valence-corrected chi connectivity index (χ4v) is 11.3. The lowest BCUT2D eigenvalue weighted by molar-refractivity contribution is -0.131. The van der Waals surface area contributed by atoms with Crippen LogP contribution in [0.4, 0.5) is 0 Å². The largest absolute Gasteiger partial charge is 0.297 e. The van der Waals surface area contributed by atoms with E-state index >= 15 is 0 Å². The molecule has 6 atom stereocenters. The molecule has 0 radical (unpaired) electrons. The predicted octanol–water partition coefficient (Wildman–Crippen LogP) is 6.12. The SMILES string of the molecule is CC1(C)C(=O)[C@]2(Br)CC[C@]1(/C=C/[C@]13CC[C@](Br)(C(=O)C1(C)C)[C@@H]3Br)[C@@H]2Br. The number of hydrogen-bond donors (Lipinski definition) is 0. The first-order chi connectivity index (χ1) is 11.7. The number of Topliss-reactive ketones (excluding diaryl/α,β-unsaturated/α-hetero) is 2. The van der Waals surface area contributed by atoms with E-state index in [0.717, 1.165) is 25.7 Å². The lowest BCUT2D eigenvalue weighted by Crippen LogP contribution is -2.43. The zero-order valence-electron chi connectivity index (χ0n) is 15.5. The van der Waals surface area contributed by atoms with Crippen LogP contribution in [-0.4, -0.2) is 29.9 Å². The highest BCUT2D eigenvalue weighted by Gasteiger charge is 2.76. The molecule has 4 aliphatic carbocycles. The second-order valence-corrected chi connectivity index (χ2v) is 14.4. The summed E-state index contributed by atoms with van der Waals surface area (Å²) in [6.45, 7) is 8.31. The van der Waals surface area contributed by atoms with Crippen LogP contribution in [0.2, 0.25) is 0 Å². The molecule has 4 saturated carbocycles. The Morgan fingerprint density at radius 2 is 1.04 bits per heavy atom. The number of carbonyl (C=O) groups is 2. The van der Waals surface area contributed by atoms with E-state index in [1.165, 1.54) is 0 Å². The molecule has 2 nitrogen and oxygen atoms in total. The second-order valence-electron chi connectivity index (χ2n) is 9.77. The Balaban J connectivity index is 1.82. The van der Waals surface area contributed by atoms with Gasteiger partial charge < -0.3 is 0 Å². The van der Waals surface area contributed by atoms with Gasteiger partial charge in [0.2, 0.25) is 0 Å². The normalized spacial score (nSPS) is 54.0. The average molecular weight is 616 g/mol. The summed E-state index contributed by atoms with van der Waals surface area (Å²) in [4.78, 5) is 26.3. The van der Waals surface area contributed by atoms with Crippen molar-refractivity contribution in [1.82, 2.24) is 0 Å². The van der Waals surface area contributed by atoms with Gasteiger partial charge in [0.25, 0.3) is 0 Å². The Labute approximate surface area is 189 Å². The van der Waals surface area contributed by atoms with Crippen molar-refractivity contribution in [2.24, 2.45) is 21.7 Å². The van der Waals surface area contributed by atoms with Gasteiger partial charge in [0.15, 0.2) is 11.6 Å². The Bertz CT molecular complexity index is 697. The van der Waals surface area contributed by atoms with Crippen molar-refractivity contribution in [3.05, 3.63) is 12.2 Å². The molecule has 0 aromatic heterocycles. The molecular formula is C20H24Br4O2. The van der Waals surface area contributed by atoms with Crippen LogP contribution in [0, 0.1) is 21.7 Å². The van der Waals surface area contributed by atoms with Gasteiger partial charge in [-0.1, -0.05) is 104 Å². The predicted molar refractivity (Wildman–Crippen MR) is 119 cm³/mol. The number of hydrogen-bond acceptors (Lipinski definition) is 2. The molecule has 6 heteroatoms. The first kappa shape index (κ1) is 20.3. The first-order valence-corrected chi connectivity index (χ1v) is 12.6. The summed E-state index contributed by atoms with van der Waals surface area (Å²) in [5, 5.41) is 0. The maximum absolute atomic E-state index is 13.1. The molecule has 0 aromatic carbocycles. The maximum atomic E-state index is 13.1. The van der Waals surface area contributed by atoms with Gasteiger partial charge >= 0.3 is 0 Å². The quantitative estimate of drug-likeness (QED) is 0.277. The molecule has 0 aromatic rings. The van der Waals surface area contributed by atoms with Crippen LogP contribution in [0.25, 0.3) is 0 Å². The highest BCUT2D eigenvalue weighted by Crippen LogP contribution is 2.73. The van der Waals surface area contributed by atoms with Gasteiger partial charge in [-0.05, 0) is 25.7 Å². The third kappa shape index (κ3) is 1.86. The molecule has 0 amide bonds. The van der Waals surface area contributed by atoms with E-state index in [2.05, 4.69) is 104 Å². The van der Waals surface area contributed by atoms with Gasteiger partial charge in [-0.3, -0.25) is 9.59 Å². The van der Waals surface area contributed by atoms with Crippen molar-refractivity contribution >= 4 is 75.3 Å². The first-order valence-electron chi connectivity index (χ1n) is 9.20. The van der Waals surface area contributed by atoms with Crippen molar-refractivity contribution in [3.8, 4) is 0 Å². The van der Waals surface area contributed by atoms with E-state index in [-0.39, 0.29) is 20.5 Å². The van der Waals surface area contributed by atoms with Crippen LogP contribution in [0.5, 0.6) is 0 Å². The average Bonchev–Trinajstić information content (AvgIpc) is 3.06. The summed E-state index contributed by atoms with van der Waals surface area (Å²) in [6.07, 6.45) is 8.25. The van der Waals surface area contributed by atoms with Crippen LogP contribution in [0.15, 0.2) is 12.2 Å². The molecule has 4 bridgehead atoms. The summed E-state index contributed by atoms with van der Waals surface area (Å²) in [6, 6.07) is 0. The van der Waals surface area contributed by atoms with E-state index in [1.807, 2.05) is 0 Å². The standard InChI is InChI=1S/C20H24Br4O2/c1-15(2)13(25)19(23)9-7-17(15,11(19)21)5-6-18-8-10-20(24,12(18)22)14(26)16(18,3)4/h5-6,11-12H,7-10H2,1-4H3/b6-5+/t11-,12+,17-,18-,19-,20+/m1/s1. The second kappa shape index (κ2) is 5.37. The highest BCUT2D eigenvalue weighted by atomic mass is 79.9. The molecule has 26 heavy (non-hydrogen) atoms. The van der Waals surface area contributed by atoms with Crippen molar-refractivity contribution in [1.29, 1.82) is 0 Å². The minimum atomic E-state index is -0.470. The Hall–Kier alpha value is 1.000. The van der Waals surface area contributed by atoms with Crippen LogP contribution in [0.3, 0.4) is 0 Å². The minimum Gasteiger partial charge on any atom is -0.297 e. The summed E-state index contributed by atoms with van der Waals surface area (Å²) in [7, 11) is 0. The highest BCUT2D eigenvalue weighted by molar-refractivity contribution is 9.13. The number of carbonyl (C=O) groups excluding carboxylic acids is 2. The van der Waals surface area contributed by atoms with E-state index in [4.69, 9.17) is 0 Å². The Morgan fingerprint density at radius 3 is 1.27 bits per heavy atom. The molecule has 0 saturated heterocycles. The van der Waals surface area contributed by atoms with E-state index < -0.39 is 19.5 Å². The monoisotopic (exact) mass is 612 g/mol. The fourth-order valence-electron chi connectivity index (χ4n) is 6.33. The third-order valence-corrected chi connectivity index (χ3v) is 15.3. The zero-order chi connectivity index (χ0) is 19.6. The molecule has 0 spiro atoms. The lowest BCUT2D eigenvalue weighted by atomic mass is 9.60. The molecule has 4 aliphatic rings. The van der Waals surface area contributed by atoms with Gasteiger partial charge in [-0.15, -0.1) is 0 Å². The molecule has 0 N–H and O–H groups in total. The maximum Gasteiger partial charge on any atom is 0.157 e. The molecule has 0 unspecified atom stereocenters. The third-order valence-electron chi connectivity index (χ3n) is 8.41. The lowest BCUT2D eigenvalue weighted by Gasteiger charge is -2.43. The number of rotatable bonds is 2. The van der Waals surface area contributed by atoms with Crippen LogP contribution < -0.4 is 0 Å². The van der Waals surface area contributed by atoms with Gasteiger partial charge in [0.05, 0.1) is 8.65 Å². The van der Waals surface area contributed by atoms with Crippen LogP contribution in [0.1, 0.15) is 53.4 Å². The number of halogens is 4. The molecule has 4 rings (SSSR count). The van der Waals surface area contributed by atoms with E-state index in [0.29, 0.717) is 11.6 Å². The van der Waals surface area contributed by atoms with Crippen molar-refractivity contribution in [2.45, 2.75) is 71.7 Å². The molecule has 0 heterocycles. The van der Waals surface area contributed by atoms with Gasteiger partial charge in [-0.2, -0.15) is 0 Å². The van der Waals surface area contributed by atoms with Crippen LogP contribution >= 0.6 is 63.7 Å². The number of alkyl halides is 4. The summed E-state index contributed by atoms with van der Waals surface area (Å²) in [5.74, 6) is 0.581. The summed E-state index contributed by atoms with van der Waals surface area (Å²) >= 11 is 15.3.